The summed E-state index contributed by atoms with van der Waals surface area (Å²) >= 11 is 0. The van der Waals surface area contributed by atoms with Gasteiger partial charge in [0.1, 0.15) is 5.76 Å². The molecule has 0 amide bonds. The van der Waals surface area contributed by atoms with E-state index >= 15 is 0 Å². The van der Waals surface area contributed by atoms with Crippen molar-refractivity contribution in [3.8, 4) is 0 Å². The van der Waals surface area contributed by atoms with Crippen LogP contribution in [0, 0.1) is 6.92 Å². The predicted octanol–water partition coefficient (Wildman–Crippen LogP) is 3.38. The average molecular weight is 317 g/mol. The maximum atomic E-state index is 10.2. The molecule has 0 bridgehead atoms. The van der Waals surface area contributed by atoms with Gasteiger partial charge in [-0.05, 0) is 38.5 Å². The molecule has 0 saturated heterocycles. The second kappa shape index (κ2) is 8.87. The van der Waals surface area contributed by atoms with Crippen LogP contribution in [0.5, 0.6) is 0 Å². The van der Waals surface area contributed by atoms with E-state index in [1.54, 1.807) is 6.26 Å². The molecule has 2 aromatic rings. The van der Waals surface area contributed by atoms with Crippen LogP contribution in [0.1, 0.15) is 30.7 Å². The zero-order chi connectivity index (χ0) is 16.7. The summed E-state index contributed by atoms with van der Waals surface area (Å²) < 4.78 is 11.0. The van der Waals surface area contributed by atoms with Crippen LogP contribution in [0.4, 0.5) is 0 Å². The topological polar surface area (TPSA) is 45.8 Å². The molecule has 1 N–H and O–H groups in total. The predicted molar refractivity (Wildman–Crippen MR) is 91.1 cm³/mol. The quantitative estimate of drug-likeness (QED) is 0.770. The largest absolute Gasteiger partial charge is 0.468 e. The van der Waals surface area contributed by atoms with Gasteiger partial charge in [-0.3, -0.25) is 4.90 Å². The highest BCUT2D eigenvalue weighted by Crippen LogP contribution is 2.13. The molecule has 126 valence electrons. The number of furan rings is 1. The summed E-state index contributed by atoms with van der Waals surface area (Å²) in [5.74, 6) is 0.898. The molecule has 0 fully saturated rings. The van der Waals surface area contributed by atoms with Crippen molar-refractivity contribution in [1.82, 2.24) is 4.90 Å². The van der Waals surface area contributed by atoms with Crippen molar-refractivity contribution in [2.24, 2.45) is 0 Å². The van der Waals surface area contributed by atoms with Crippen molar-refractivity contribution in [3.05, 3.63) is 59.5 Å². The van der Waals surface area contributed by atoms with Gasteiger partial charge >= 0.3 is 0 Å². The third-order valence-corrected chi connectivity index (χ3v) is 3.54. The van der Waals surface area contributed by atoms with Gasteiger partial charge in [0.25, 0.3) is 0 Å². The van der Waals surface area contributed by atoms with Crippen molar-refractivity contribution >= 4 is 0 Å². The first-order valence-corrected chi connectivity index (χ1v) is 8.13. The summed E-state index contributed by atoms with van der Waals surface area (Å²) in [7, 11) is 0. The van der Waals surface area contributed by atoms with Crippen molar-refractivity contribution in [2.75, 3.05) is 13.2 Å². The number of nitrogens with zero attached hydrogens (tertiary/aromatic N) is 1. The van der Waals surface area contributed by atoms with E-state index in [2.05, 4.69) is 36.1 Å². The van der Waals surface area contributed by atoms with Gasteiger partial charge in [0.15, 0.2) is 0 Å². The second-order valence-corrected chi connectivity index (χ2v) is 6.27. The summed E-state index contributed by atoms with van der Waals surface area (Å²) in [4.78, 5) is 2.18. The van der Waals surface area contributed by atoms with Crippen LogP contribution in [-0.4, -0.2) is 35.4 Å². The zero-order valence-corrected chi connectivity index (χ0v) is 14.2. The van der Waals surface area contributed by atoms with Crippen LogP contribution in [0.2, 0.25) is 0 Å². The minimum Gasteiger partial charge on any atom is -0.468 e. The molecule has 0 radical (unpaired) electrons. The molecule has 1 aromatic heterocycles. The lowest BCUT2D eigenvalue weighted by Gasteiger charge is -2.25. The molecule has 1 heterocycles. The summed E-state index contributed by atoms with van der Waals surface area (Å²) in [6.07, 6.45) is 1.29. The first-order chi connectivity index (χ1) is 11.0. The van der Waals surface area contributed by atoms with Gasteiger partial charge in [0.2, 0.25) is 0 Å². The standard InChI is InChI=1S/C19H27NO3/c1-15(2)23-14-18(21)12-20(13-19-8-5-9-22-19)11-17-7-4-6-16(3)10-17/h4-10,15,18,21H,11-14H2,1-3H3/t18-/m0/s1. The highest BCUT2D eigenvalue weighted by Gasteiger charge is 2.15. The molecule has 0 aliphatic heterocycles. The molecule has 1 atom stereocenters. The first-order valence-electron chi connectivity index (χ1n) is 8.13. The summed E-state index contributed by atoms with van der Waals surface area (Å²) in [6, 6.07) is 12.3. The number of hydrogen-bond donors (Lipinski definition) is 1. The Bertz CT molecular complexity index is 566. The smallest absolute Gasteiger partial charge is 0.117 e. The first kappa shape index (κ1) is 17.7. The summed E-state index contributed by atoms with van der Waals surface area (Å²) in [6.45, 7) is 8.36. The number of hydrogen-bond acceptors (Lipinski definition) is 4. The van der Waals surface area contributed by atoms with Crippen LogP contribution in [-0.2, 0) is 17.8 Å². The monoisotopic (exact) mass is 317 g/mol. The third kappa shape index (κ3) is 6.57. The number of aryl methyl sites for hydroxylation is 1. The maximum absolute atomic E-state index is 10.2. The third-order valence-electron chi connectivity index (χ3n) is 3.54. The normalized spacial score (nSPS) is 13.0. The van der Waals surface area contributed by atoms with Crippen LogP contribution >= 0.6 is 0 Å². The molecule has 23 heavy (non-hydrogen) atoms. The van der Waals surface area contributed by atoms with E-state index in [0.717, 1.165) is 12.3 Å². The van der Waals surface area contributed by atoms with E-state index in [1.165, 1.54) is 11.1 Å². The van der Waals surface area contributed by atoms with Crippen LogP contribution in [0.25, 0.3) is 0 Å². The number of aliphatic hydroxyl groups is 1. The Balaban J connectivity index is 1.99. The van der Waals surface area contributed by atoms with E-state index in [-0.39, 0.29) is 6.10 Å². The molecule has 0 saturated carbocycles. The van der Waals surface area contributed by atoms with E-state index in [9.17, 15) is 5.11 Å². The minimum absolute atomic E-state index is 0.125. The van der Waals surface area contributed by atoms with Crippen LogP contribution < -0.4 is 0 Å². The second-order valence-electron chi connectivity index (χ2n) is 6.27. The maximum Gasteiger partial charge on any atom is 0.117 e. The van der Waals surface area contributed by atoms with Crippen LogP contribution in [0.15, 0.2) is 47.1 Å². The lowest BCUT2D eigenvalue weighted by Crippen LogP contribution is -2.34. The lowest BCUT2D eigenvalue weighted by molar-refractivity contribution is -0.0114. The van der Waals surface area contributed by atoms with Crippen molar-refractivity contribution < 1.29 is 14.3 Å². The van der Waals surface area contributed by atoms with Crippen molar-refractivity contribution in [1.29, 1.82) is 0 Å². The minimum atomic E-state index is -0.517. The molecule has 2 rings (SSSR count). The number of ether oxygens (including phenoxy) is 1. The SMILES string of the molecule is Cc1cccc(CN(Cc2ccco2)C[C@H](O)COC(C)C)c1. The Morgan fingerprint density at radius 3 is 2.65 bits per heavy atom. The molecular weight excluding hydrogens is 290 g/mol. The zero-order valence-electron chi connectivity index (χ0n) is 14.2. The fourth-order valence-corrected chi connectivity index (χ4v) is 2.53. The fraction of sp³-hybridized carbons (Fsp3) is 0.474. The number of aliphatic hydroxyl groups excluding tert-OH is 1. The Morgan fingerprint density at radius 2 is 2.00 bits per heavy atom. The highest BCUT2D eigenvalue weighted by atomic mass is 16.5. The Kier molecular flexibility index (Phi) is 6.84. The average Bonchev–Trinajstić information content (AvgIpc) is 2.98. The number of rotatable bonds is 9. The van der Waals surface area contributed by atoms with E-state index in [1.807, 2.05) is 26.0 Å². The van der Waals surface area contributed by atoms with E-state index < -0.39 is 6.10 Å². The molecule has 4 heteroatoms. The highest BCUT2D eigenvalue weighted by molar-refractivity contribution is 5.22. The van der Waals surface area contributed by atoms with Gasteiger partial charge < -0.3 is 14.3 Å². The van der Waals surface area contributed by atoms with Gasteiger partial charge in [-0.2, -0.15) is 0 Å². The van der Waals surface area contributed by atoms with E-state index in [0.29, 0.717) is 19.7 Å². The van der Waals surface area contributed by atoms with Gasteiger partial charge in [-0.25, -0.2) is 0 Å². The number of benzene rings is 1. The van der Waals surface area contributed by atoms with Crippen molar-refractivity contribution in [3.63, 3.8) is 0 Å². The van der Waals surface area contributed by atoms with Crippen LogP contribution in [0.3, 0.4) is 0 Å². The molecule has 0 spiro atoms. The fourth-order valence-electron chi connectivity index (χ4n) is 2.53. The summed E-state index contributed by atoms with van der Waals surface area (Å²) in [5.41, 5.74) is 2.47. The Hall–Kier alpha value is -1.62. The molecular formula is C19H27NO3. The Morgan fingerprint density at radius 1 is 1.17 bits per heavy atom. The van der Waals surface area contributed by atoms with Gasteiger partial charge in [-0.1, -0.05) is 29.8 Å². The van der Waals surface area contributed by atoms with Crippen molar-refractivity contribution in [2.45, 2.75) is 46.1 Å². The molecule has 0 aliphatic carbocycles. The molecule has 0 unspecified atom stereocenters. The summed E-state index contributed by atoms with van der Waals surface area (Å²) in [5, 5.41) is 10.2. The molecule has 0 aliphatic rings. The van der Waals surface area contributed by atoms with E-state index in [4.69, 9.17) is 9.15 Å². The lowest BCUT2D eigenvalue weighted by atomic mass is 10.1. The molecule has 1 aromatic carbocycles. The van der Waals surface area contributed by atoms with Gasteiger partial charge in [-0.15, -0.1) is 0 Å². The molecule has 4 nitrogen and oxygen atoms in total. The van der Waals surface area contributed by atoms with Gasteiger partial charge in [0.05, 0.1) is 31.6 Å². The Labute approximate surface area is 138 Å². The van der Waals surface area contributed by atoms with Gasteiger partial charge in [0, 0.05) is 13.1 Å².